The maximum Gasteiger partial charge on any atom is 0.276 e. The maximum absolute atomic E-state index is 12.7. The summed E-state index contributed by atoms with van der Waals surface area (Å²) in [5, 5.41) is 16.8. The van der Waals surface area contributed by atoms with E-state index in [1.165, 1.54) is 11.0 Å². The molecule has 0 N–H and O–H groups in total. The van der Waals surface area contributed by atoms with Gasteiger partial charge in [0.05, 0.1) is 17.6 Å². The minimum absolute atomic E-state index is 0.0955. The van der Waals surface area contributed by atoms with Crippen molar-refractivity contribution in [3.8, 4) is 5.69 Å². The van der Waals surface area contributed by atoms with E-state index in [1.807, 2.05) is 49.4 Å². The Labute approximate surface area is 151 Å². The van der Waals surface area contributed by atoms with Gasteiger partial charge in [-0.1, -0.05) is 18.2 Å². The second-order valence-electron chi connectivity index (χ2n) is 6.17. The fourth-order valence-corrected chi connectivity index (χ4v) is 2.91. The summed E-state index contributed by atoms with van der Waals surface area (Å²) < 4.78 is 0. The number of aromatic nitrogens is 5. The average molecular weight is 349 g/mol. The Morgan fingerprint density at radius 1 is 0.962 bits per heavy atom. The minimum Gasteiger partial charge on any atom is -0.352 e. The standard InChI is InChI=1S/C18H19N7O/c1-14-7-8-17(21-20-14)23-9-11-24(12-10-23)18(26)16-13-19-25(22-16)15-5-3-2-4-6-15/h2-8,13H,9-12H2,1H3. The molecule has 0 radical (unpaired) electrons. The van der Waals surface area contributed by atoms with E-state index in [9.17, 15) is 4.79 Å². The van der Waals surface area contributed by atoms with Crippen LogP contribution in [0.5, 0.6) is 0 Å². The molecular weight excluding hydrogens is 330 g/mol. The third-order valence-corrected chi connectivity index (χ3v) is 4.37. The van der Waals surface area contributed by atoms with Crippen molar-refractivity contribution in [3.05, 3.63) is 60.0 Å². The number of benzene rings is 1. The first-order chi connectivity index (χ1) is 12.7. The Morgan fingerprint density at radius 2 is 1.73 bits per heavy atom. The molecule has 0 saturated carbocycles. The number of carbonyl (C=O) groups excluding carboxylic acids is 1. The Kier molecular flexibility index (Phi) is 4.30. The summed E-state index contributed by atoms with van der Waals surface area (Å²) in [6, 6.07) is 13.5. The van der Waals surface area contributed by atoms with Gasteiger partial charge in [0.25, 0.3) is 5.91 Å². The molecule has 1 aromatic carbocycles. The molecule has 132 valence electrons. The third-order valence-electron chi connectivity index (χ3n) is 4.37. The van der Waals surface area contributed by atoms with Crippen molar-refractivity contribution in [2.24, 2.45) is 0 Å². The van der Waals surface area contributed by atoms with Crippen LogP contribution in [0.2, 0.25) is 0 Å². The molecule has 1 saturated heterocycles. The van der Waals surface area contributed by atoms with Crippen molar-refractivity contribution in [2.45, 2.75) is 6.92 Å². The molecule has 1 aliphatic heterocycles. The molecule has 3 heterocycles. The summed E-state index contributed by atoms with van der Waals surface area (Å²) in [6.07, 6.45) is 1.52. The van der Waals surface area contributed by atoms with Crippen molar-refractivity contribution in [1.29, 1.82) is 0 Å². The first-order valence-corrected chi connectivity index (χ1v) is 8.53. The number of rotatable bonds is 3. The van der Waals surface area contributed by atoms with Gasteiger partial charge in [-0.15, -0.1) is 10.2 Å². The smallest absolute Gasteiger partial charge is 0.276 e. The second kappa shape index (κ2) is 6.91. The summed E-state index contributed by atoms with van der Waals surface area (Å²) in [7, 11) is 0. The first kappa shape index (κ1) is 16.2. The van der Waals surface area contributed by atoms with E-state index in [2.05, 4.69) is 25.3 Å². The van der Waals surface area contributed by atoms with Crippen molar-refractivity contribution in [3.63, 3.8) is 0 Å². The van der Waals surface area contributed by atoms with Crippen LogP contribution in [0, 0.1) is 6.92 Å². The number of aryl methyl sites for hydroxylation is 1. The van der Waals surface area contributed by atoms with E-state index in [1.54, 1.807) is 4.90 Å². The fourth-order valence-electron chi connectivity index (χ4n) is 2.91. The topological polar surface area (TPSA) is 80.0 Å². The van der Waals surface area contributed by atoms with E-state index in [-0.39, 0.29) is 5.91 Å². The third kappa shape index (κ3) is 3.26. The summed E-state index contributed by atoms with van der Waals surface area (Å²) in [5.74, 6) is 0.750. The molecule has 4 rings (SSSR count). The van der Waals surface area contributed by atoms with E-state index in [4.69, 9.17) is 0 Å². The molecular formula is C18H19N7O. The van der Waals surface area contributed by atoms with Crippen molar-refractivity contribution >= 4 is 11.7 Å². The van der Waals surface area contributed by atoms with Gasteiger partial charge in [0.2, 0.25) is 0 Å². The molecule has 0 bridgehead atoms. The minimum atomic E-state index is -0.0955. The number of hydrogen-bond acceptors (Lipinski definition) is 6. The van der Waals surface area contributed by atoms with Gasteiger partial charge in [-0.25, -0.2) is 0 Å². The lowest BCUT2D eigenvalue weighted by molar-refractivity contribution is 0.0740. The average Bonchev–Trinajstić information content (AvgIpc) is 3.19. The molecule has 2 aromatic heterocycles. The molecule has 0 atom stereocenters. The molecule has 3 aromatic rings. The van der Waals surface area contributed by atoms with Crippen LogP contribution in [0.25, 0.3) is 5.69 Å². The number of amides is 1. The highest BCUT2D eigenvalue weighted by Gasteiger charge is 2.25. The van der Waals surface area contributed by atoms with Gasteiger partial charge < -0.3 is 9.80 Å². The zero-order valence-corrected chi connectivity index (χ0v) is 14.5. The molecule has 0 unspecified atom stereocenters. The summed E-state index contributed by atoms with van der Waals surface area (Å²) >= 11 is 0. The van der Waals surface area contributed by atoms with Crippen LogP contribution in [0.3, 0.4) is 0 Å². The monoisotopic (exact) mass is 349 g/mol. The lowest BCUT2D eigenvalue weighted by Crippen LogP contribution is -2.49. The van der Waals surface area contributed by atoms with Crippen molar-refractivity contribution < 1.29 is 4.79 Å². The van der Waals surface area contributed by atoms with Gasteiger partial charge in [-0.3, -0.25) is 4.79 Å². The van der Waals surface area contributed by atoms with Crippen molar-refractivity contribution in [1.82, 2.24) is 30.1 Å². The van der Waals surface area contributed by atoms with Gasteiger partial charge in [0.1, 0.15) is 0 Å². The molecule has 26 heavy (non-hydrogen) atoms. The second-order valence-corrected chi connectivity index (χ2v) is 6.17. The lowest BCUT2D eigenvalue weighted by Gasteiger charge is -2.34. The zero-order valence-electron chi connectivity index (χ0n) is 14.5. The number of para-hydroxylation sites is 1. The highest BCUT2D eigenvalue weighted by molar-refractivity contribution is 5.92. The number of carbonyl (C=O) groups is 1. The molecule has 1 aliphatic rings. The van der Waals surface area contributed by atoms with Crippen LogP contribution in [-0.2, 0) is 0 Å². The first-order valence-electron chi connectivity index (χ1n) is 8.53. The van der Waals surface area contributed by atoms with Crippen LogP contribution in [0.15, 0.2) is 48.7 Å². The quantitative estimate of drug-likeness (QED) is 0.710. The Balaban J connectivity index is 1.41. The molecule has 0 spiro atoms. The molecule has 0 aliphatic carbocycles. The van der Waals surface area contributed by atoms with E-state index >= 15 is 0 Å². The van der Waals surface area contributed by atoms with Crippen LogP contribution in [-0.4, -0.2) is 62.2 Å². The number of piperazine rings is 1. The number of hydrogen-bond donors (Lipinski definition) is 0. The largest absolute Gasteiger partial charge is 0.352 e. The van der Waals surface area contributed by atoms with E-state index in [0.717, 1.165) is 30.3 Å². The van der Waals surface area contributed by atoms with E-state index in [0.29, 0.717) is 18.8 Å². The van der Waals surface area contributed by atoms with Crippen LogP contribution >= 0.6 is 0 Å². The Bertz CT molecular complexity index is 883. The summed E-state index contributed by atoms with van der Waals surface area (Å²) in [4.78, 5) is 18.1. The predicted molar refractivity (Wildman–Crippen MR) is 96.2 cm³/mol. The van der Waals surface area contributed by atoms with Crippen molar-refractivity contribution in [2.75, 3.05) is 31.1 Å². The maximum atomic E-state index is 12.7. The molecule has 1 amide bonds. The van der Waals surface area contributed by atoms with Gasteiger partial charge >= 0.3 is 0 Å². The van der Waals surface area contributed by atoms with Crippen LogP contribution < -0.4 is 4.90 Å². The number of nitrogens with zero attached hydrogens (tertiary/aromatic N) is 7. The van der Waals surface area contributed by atoms with Crippen LogP contribution in [0.4, 0.5) is 5.82 Å². The number of anilines is 1. The highest BCUT2D eigenvalue weighted by atomic mass is 16.2. The summed E-state index contributed by atoms with van der Waals surface area (Å²) in [5.41, 5.74) is 2.08. The molecule has 8 nitrogen and oxygen atoms in total. The Hall–Kier alpha value is -3.29. The van der Waals surface area contributed by atoms with Gasteiger partial charge in [0, 0.05) is 26.2 Å². The normalized spacial score (nSPS) is 14.5. The van der Waals surface area contributed by atoms with E-state index < -0.39 is 0 Å². The molecule has 8 heteroatoms. The van der Waals surface area contributed by atoms with Gasteiger partial charge in [0.15, 0.2) is 11.5 Å². The van der Waals surface area contributed by atoms with Crippen LogP contribution in [0.1, 0.15) is 16.2 Å². The molecule has 1 fully saturated rings. The fraction of sp³-hybridized carbons (Fsp3) is 0.278. The highest BCUT2D eigenvalue weighted by Crippen LogP contribution is 2.14. The Morgan fingerprint density at radius 3 is 2.42 bits per heavy atom. The SMILES string of the molecule is Cc1ccc(N2CCN(C(=O)c3cnn(-c4ccccc4)n3)CC2)nn1. The predicted octanol–water partition coefficient (Wildman–Crippen LogP) is 1.33. The van der Waals surface area contributed by atoms with Gasteiger partial charge in [-0.05, 0) is 31.2 Å². The lowest BCUT2D eigenvalue weighted by atomic mass is 10.2. The van der Waals surface area contributed by atoms with Gasteiger partial charge in [-0.2, -0.15) is 15.0 Å². The summed E-state index contributed by atoms with van der Waals surface area (Å²) in [6.45, 7) is 4.59. The zero-order chi connectivity index (χ0) is 17.9.